The monoisotopic (exact) mass is 202 g/mol. The molecule has 2 nitrogen and oxygen atoms in total. The highest BCUT2D eigenvalue weighted by molar-refractivity contribution is 5.82. The van der Waals surface area contributed by atoms with Crippen molar-refractivity contribution in [1.82, 2.24) is 0 Å². The highest BCUT2D eigenvalue weighted by Gasteiger charge is 2.21. The summed E-state index contributed by atoms with van der Waals surface area (Å²) >= 11 is 0. The van der Waals surface area contributed by atoms with Gasteiger partial charge >= 0.3 is 0 Å². The Bertz CT molecular complexity index is 380. The molecule has 1 aromatic rings. The number of hydrogen-bond acceptors (Lipinski definition) is 1. The molecule has 0 fully saturated rings. The van der Waals surface area contributed by atoms with Gasteiger partial charge in [-0.05, 0) is 24.0 Å². The van der Waals surface area contributed by atoms with Gasteiger partial charge in [-0.2, -0.15) is 0 Å². The fourth-order valence-corrected chi connectivity index (χ4v) is 2.00. The third-order valence-corrected chi connectivity index (χ3v) is 3.00. The van der Waals surface area contributed by atoms with E-state index in [0.717, 1.165) is 18.7 Å². The van der Waals surface area contributed by atoms with Crippen LogP contribution in [0.2, 0.25) is 0 Å². The van der Waals surface area contributed by atoms with Crippen LogP contribution in [0.5, 0.6) is 0 Å². The maximum atomic E-state index is 5.90. The number of fused-ring (bicyclic) bond motifs is 1. The van der Waals surface area contributed by atoms with Gasteiger partial charge in [0.05, 0.1) is 11.9 Å². The molecule has 2 N–H and O–H groups in total. The minimum Gasteiger partial charge on any atom is -0.387 e. The van der Waals surface area contributed by atoms with Crippen LogP contribution in [0.3, 0.4) is 0 Å². The lowest BCUT2D eigenvalue weighted by atomic mass is 10.1. The van der Waals surface area contributed by atoms with Crippen molar-refractivity contribution in [1.29, 1.82) is 0 Å². The summed E-state index contributed by atoms with van der Waals surface area (Å²) in [5.41, 5.74) is 8.70. The molecule has 0 amide bonds. The summed E-state index contributed by atoms with van der Waals surface area (Å²) < 4.78 is 0. The number of rotatable bonds is 2. The van der Waals surface area contributed by atoms with Gasteiger partial charge in [-0.15, -0.1) is 0 Å². The molecule has 1 unspecified atom stereocenters. The van der Waals surface area contributed by atoms with Gasteiger partial charge < -0.3 is 5.73 Å². The van der Waals surface area contributed by atoms with Gasteiger partial charge in [-0.1, -0.05) is 38.1 Å². The van der Waals surface area contributed by atoms with E-state index in [-0.39, 0.29) is 0 Å². The lowest BCUT2D eigenvalue weighted by Gasteiger charge is -2.10. The number of nitrogens with zero attached hydrogens (tertiary/aromatic N) is 1. The van der Waals surface area contributed by atoms with Crippen LogP contribution in [0.4, 0.5) is 0 Å². The standard InChI is InChI=1S/C13H18N2/c1-9(2)13(14)15-12-8-7-10-5-3-4-6-11(10)12/h3-6,9,12H,7-8H2,1-2H3,(H2,14,15). The van der Waals surface area contributed by atoms with Crippen LogP contribution in [0.15, 0.2) is 29.3 Å². The van der Waals surface area contributed by atoms with Crippen molar-refractivity contribution >= 4 is 5.84 Å². The molecule has 0 aliphatic heterocycles. The van der Waals surface area contributed by atoms with Crippen molar-refractivity contribution < 1.29 is 0 Å². The van der Waals surface area contributed by atoms with Crippen molar-refractivity contribution in [3.05, 3.63) is 35.4 Å². The Kier molecular flexibility index (Phi) is 2.76. The Morgan fingerprint density at radius 2 is 2.13 bits per heavy atom. The molecular weight excluding hydrogens is 184 g/mol. The summed E-state index contributed by atoms with van der Waals surface area (Å²) in [6, 6.07) is 8.83. The molecule has 1 aliphatic carbocycles. The van der Waals surface area contributed by atoms with Gasteiger partial charge in [0, 0.05) is 5.92 Å². The molecule has 1 atom stereocenters. The quantitative estimate of drug-likeness (QED) is 0.581. The molecular formula is C13H18N2. The molecule has 0 spiro atoms. The maximum Gasteiger partial charge on any atom is 0.0970 e. The highest BCUT2D eigenvalue weighted by atomic mass is 14.9. The van der Waals surface area contributed by atoms with Gasteiger partial charge in [0.25, 0.3) is 0 Å². The molecule has 2 heteroatoms. The number of aryl methyl sites for hydroxylation is 1. The van der Waals surface area contributed by atoms with Crippen molar-refractivity contribution in [2.45, 2.75) is 32.7 Å². The van der Waals surface area contributed by atoms with Gasteiger partial charge in [0.2, 0.25) is 0 Å². The van der Waals surface area contributed by atoms with E-state index in [4.69, 9.17) is 5.73 Å². The Hall–Kier alpha value is -1.31. The van der Waals surface area contributed by atoms with E-state index in [9.17, 15) is 0 Å². The summed E-state index contributed by atoms with van der Waals surface area (Å²) in [7, 11) is 0. The van der Waals surface area contributed by atoms with Crippen LogP contribution >= 0.6 is 0 Å². The molecule has 0 saturated heterocycles. The number of amidine groups is 1. The van der Waals surface area contributed by atoms with Gasteiger partial charge in [0.1, 0.15) is 0 Å². The molecule has 0 aromatic heterocycles. The molecule has 15 heavy (non-hydrogen) atoms. The van der Waals surface area contributed by atoms with Crippen LogP contribution in [0.1, 0.15) is 37.4 Å². The van der Waals surface area contributed by atoms with E-state index in [0.29, 0.717) is 12.0 Å². The molecule has 0 bridgehead atoms. The minimum atomic E-state index is 0.295. The summed E-state index contributed by atoms with van der Waals surface area (Å²) in [4.78, 5) is 4.61. The first-order valence-corrected chi connectivity index (χ1v) is 5.59. The zero-order valence-electron chi connectivity index (χ0n) is 9.40. The molecule has 1 aliphatic rings. The zero-order valence-corrected chi connectivity index (χ0v) is 9.40. The van der Waals surface area contributed by atoms with Gasteiger partial charge in [0.15, 0.2) is 0 Å². The van der Waals surface area contributed by atoms with E-state index in [2.05, 4.69) is 43.1 Å². The second-order valence-corrected chi connectivity index (χ2v) is 4.46. The van der Waals surface area contributed by atoms with E-state index in [1.165, 1.54) is 11.1 Å². The van der Waals surface area contributed by atoms with E-state index in [1.807, 2.05) is 0 Å². The van der Waals surface area contributed by atoms with Crippen molar-refractivity contribution in [3.8, 4) is 0 Å². The van der Waals surface area contributed by atoms with E-state index >= 15 is 0 Å². The molecule has 80 valence electrons. The van der Waals surface area contributed by atoms with Crippen LogP contribution in [0.25, 0.3) is 0 Å². The first-order valence-electron chi connectivity index (χ1n) is 5.59. The summed E-state index contributed by atoms with van der Waals surface area (Å²) in [5.74, 6) is 1.12. The van der Waals surface area contributed by atoms with Gasteiger partial charge in [-0.3, -0.25) is 4.99 Å². The van der Waals surface area contributed by atoms with Crippen molar-refractivity contribution in [2.24, 2.45) is 16.6 Å². The second kappa shape index (κ2) is 4.05. The Morgan fingerprint density at radius 3 is 2.87 bits per heavy atom. The van der Waals surface area contributed by atoms with E-state index in [1.54, 1.807) is 0 Å². The number of hydrogen-bond donors (Lipinski definition) is 1. The fraction of sp³-hybridized carbons (Fsp3) is 0.462. The Labute approximate surface area is 91.2 Å². The average molecular weight is 202 g/mol. The van der Waals surface area contributed by atoms with Crippen LogP contribution in [-0.4, -0.2) is 5.84 Å². The summed E-state index contributed by atoms with van der Waals surface area (Å²) in [6.07, 6.45) is 2.24. The van der Waals surface area contributed by atoms with Crippen LogP contribution < -0.4 is 5.73 Å². The third-order valence-electron chi connectivity index (χ3n) is 3.00. The summed E-state index contributed by atoms with van der Waals surface area (Å²) in [6.45, 7) is 4.17. The van der Waals surface area contributed by atoms with Crippen molar-refractivity contribution in [3.63, 3.8) is 0 Å². The smallest absolute Gasteiger partial charge is 0.0970 e. The van der Waals surface area contributed by atoms with E-state index < -0.39 is 0 Å². The fourth-order valence-electron chi connectivity index (χ4n) is 2.00. The predicted octanol–water partition coefficient (Wildman–Crippen LogP) is 2.69. The normalized spacial score (nSPS) is 20.7. The Morgan fingerprint density at radius 1 is 1.40 bits per heavy atom. The topological polar surface area (TPSA) is 38.4 Å². The zero-order chi connectivity index (χ0) is 10.8. The molecule has 0 radical (unpaired) electrons. The number of benzene rings is 1. The highest BCUT2D eigenvalue weighted by Crippen LogP contribution is 2.33. The maximum absolute atomic E-state index is 5.90. The van der Waals surface area contributed by atoms with Crippen LogP contribution in [-0.2, 0) is 6.42 Å². The molecule has 0 heterocycles. The lowest BCUT2D eigenvalue weighted by molar-refractivity contribution is 0.701. The largest absolute Gasteiger partial charge is 0.387 e. The van der Waals surface area contributed by atoms with Gasteiger partial charge in [-0.25, -0.2) is 0 Å². The Balaban J connectivity index is 2.25. The second-order valence-electron chi connectivity index (χ2n) is 4.46. The lowest BCUT2D eigenvalue weighted by Crippen LogP contribution is -2.19. The molecule has 0 saturated carbocycles. The molecule has 1 aromatic carbocycles. The average Bonchev–Trinajstić information content (AvgIpc) is 2.62. The summed E-state index contributed by atoms with van der Waals surface area (Å²) in [5, 5.41) is 0. The van der Waals surface area contributed by atoms with Crippen LogP contribution in [0, 0.1) is 5.92 Å². The number of aliphatic imine (C=N–C) groups is 1. The van der Waals surface area contributed by atoms with Crippen molar-refractivity contribution in [2.75, 3.05) is 0 Å². The number of nitrogens with two attached hydrogens (primary N) is 1. The first-order chi connectivity index (χ1) is 7.18. The minimum absolute atomic E-state index is 0.295. The third kappa shape index (κ3) is 2.04. The predicted molar refractivity (Wildman–Crippen MR) is 64.0 cm³/mol. The first kappa shape index (κ1) is 10.2. The molecule has 2 rings (SSSR count). The SMILES string of the molecule is CC(C)C(N)=NC1CCc2ccccc21.